The zero-order valence-electron chi connectivity index (χ0n) is 13.0. The van der Waals surface area contributed by atoms with Gasteiger partial charge in [0.2, 0.25) is 0 Å². The van der Waals surface area contributed by atoms with Crippen molar-refractivity contribution in [1.29, 1.82) is 0 Å². The molecule has 1 aromatic carbocycles. The Balaban J connectivity index is 2.43. The van der Waals surface area contributed by atoms with E-state index >= 15 is 0 Å². The Kier molecular flexibility index (Phi) is 7.78. The Morgan fingerprint density at radius 1 is 1.10 bits per heavy atom. The summed E-state index contributed by atoms with van der Waals surface area (Å²) in [7, 11) is 3.26. The van der Waals surface area contributed by atoms with Crippen molar-refractivity contribution >= 4 is 11.6 Å². The molecule has 3 nitrogen and oxygen atoms in total. The van der Waals surface area contributed by atoms with E-state index in [1.165, 1.54) is 0 Å². The Hall–Kier alpha value is -0.930. The van der Waals surface area contributed by atoms with Crippen LogP contribution in [0.3, 0.4) is 0 Å². The average molecular weight is 300 g/mol. The standard InChI is InChI=1S/C16H26ClNO2/c1-12(2)11-18-8-6-5-7-13-9-15(19-3)16(20-4)10-14(13)17/h9-10,12,18H,5-8,11H2,1-4H3. The molecule has 1 rings (SSSR count). The minimum atomic E-state index is 0.680. The molecule has 0 bridgehead atoms. The lowest BCUT2D eigenvalue weighted by molar-refractivity contribution is 0.354. The van der Waals surface area contributed by atoms with Gasteiger partial charge in [0.25, 0.3) is 0 Å². The van der Waals surface area contributed by atoms with Gasteiger partial charge in [-0.15, -0.1) is 0 Å². The summed E-state index contributed by atoms with van der Waals surface area (Å²) >= 11 is 6.27. The van der Waals surface area contributed by atoms with E-state index in [0.717, 1.165) is 48.7 Å². The molecule has 1 aromatic rings. The van der Waals surface area contributed by atoms with Crippen LogP contribution in [0.2, 0.25) is 5.02 Å². The van der Waals surface area contributed by atoms with E-state index in [-0.39, 0.29) is 0 Å². The van der Waals surface area contributed by atoms with Crippen LogP contribution in [0.25, 0.3) is 0 Å². The molecule has 0 saturated heterocycles. The largest absolute Gasteiger partial charge is 0.493 e. The zero-order chi connectivity index (χ0) is 15.0. The van der Waals surface area contributed by atoms with Crippen LogP contribution in [0, 0.1) is 5.92 Å². The van der Waals surface area contributed by atoms with E-state index in [0.29, 0.717) is 11.7 Å². The van der Waals surface area contributed by atoms with Crippen LogP contribution >= 0.6 is 11.6 Å². The van der Waals surface area contributed by atoms with Crippen molar-refractivity contribution in [2.24, 2.45) is 5.92 Å². The number of hydrogen-bond donors (Lipinski definition) is 1. The van der Waals surface area contributed by atoms with Crippen LogP contribution in [0.15, 0.2) is 12.1 Å². The highest BCUT2D eigenvalue weighted by molar-refractivity contribution is 6.31. The summed E-state index contributed by atoms with van der Waals surface area (Å²) in [6.45, 7) is 6.58. The first-order valence-electron chi connectivity index (χ1n) is 7.19. The predicted molar refractivity (Wildman–Crippen MR) is 85.2 cm³/mol. The number of methoxy groups -OCH3 is 2. The van der Waals surface area contributed by atoms with Gasteiger partial charge in [0.15, 0.2) is 11.5 Å². The summed E-state index contributed by atoms with van der Waals surface area (Å²) in [4.78, 5) is 0. The first-order valence-corrected chi connectivity index (χ1v) is 7.57. The van der Waals surface area contributed by atoms with Crippen LogP contribution in [-0.2, 0) is 6.42 Å². The van der Waals surface area contributed by atoms with Gasteiger partial charge in [0.05, 0.1) is 14.2 Å². The SMILES string of the molecule is COc1cc(Cl)c(CCCCNCC(C)C)cc1OC. The molecule has 0 aliphatic carbocycles. The highest BCUT2D eigenvalue weighted by Gasteiger charge is 2.09. The summed E-state index contributed by atoms with van der Waals surface area (Å²) in [6, 6.07) is 3.80. The van der Waals surface area contributed by atoms with Gasteiger partial charge < -0.3 is 14.8 Å². The Bertz CT molecular complexity index is 408. The van der Waals surface area contributed by atoms with Crippen LogP contribution in [0.4, 0.5) is 0 Å². The molecule has 1 N–H and O–H groups in total. The van der Waals surface area contributed by atoms with Gasteiger partial charge in [-0.3, -0.25) is 0 Å². The minimum Gasteiger partial charge on any atom is -0.493 e. The number of aryl methyl sites for hydroxylation is 1. The number of halogens is 1. The highest BCUT2D eigenvalue weighted by Crippen LogP contribution is 2.33. The van der Waals surface area contributed by atoms with Crippen molar-refractivity contribution in [2.75, 3.05) is 27.3 Å². The minimum absolute atomic E-state index is 0.680. The maximum absolute atomic E-state index is 6.27. The lowest BCUT2D eigenvalue weighted by Gasteiger charge is -2.12. The number of ether oxygens (including phenoxy) is 2. The summed E-state index contributed by atoms with van der Waals surface area (Å²) in [5.74, 6) is 2.12. The third kappa shape index (κ3) is 5.59. The third-order valence-corrected chi connectivity index (χ3v) is 3.51. The smallest absolute Gasteiger partial charge is 0.162 e. The van der Waals surface area contributed by atoms with Gasteiger partial charge in [-0.1, -0.05) is 25.4 Å². The summed E-state index contributed by atoms with van der Waals surface area (Å²) in [5.41, 5.74) is 1.12. The molecular formula is C16H26ClNO2. The fourth-order valence-electron chi connectivity index (χ4n) is 2.04. The number of unbranched alkanes of at least 4 members (excludes halogenated alkanes) is 1. The maximum atomic E-state index is 6.27. The van der Waals surface area contributed by atoms with Crippen LogP contribution in [0.1, 0.15) is 32.3 Å². The Morgan fingerprint density at radius 2 is 1.75 bits per heavy atom. The average Bonchev–Trinajstić information content (AvgIpc) is 2.43. The number of hydrogen-bond acceptors (Lipinski definition) is 3. The Morgan fingerprint density at radius 3 is 2.35 bits per heavy atom. The quantitative estimate of drug-likeness (QED) is 0.701. The van der Waals surface area contributed by atoms with Crippen LogP contribution < -0.4 is 14.8 Å². The van der Waals surface area contributed by atoms with Gasteiger partial charge in [-0.2, -0.15) is 0 Å². The molecule has 0 amide bonds. The van der Waals surface area contributed by atoms with Gasteiger partial charge in [0, 0.05) is 11.1 Å². The molecule has 0 atom stereocenters. The summed E-state index contributed by atoms with van der Waals surface area (Å²) in [6.07, 6.45) is 3.22. The first-order chi connectivity index (χ1) is 9.58. The van der Waals surface area contributed by atoms with Crippen molar-refractivity contribution in [2.45, 2.75) is 33.1 Å². The summed E-state index contributed by atoms with van der Waals surface area (Å²) < 4.78 is 10.5. The van der Waals surface area contributed by atoms with Crippen molar-refractivity contribution in [1.82, 2.24) is 5.32 Å². The van der Waals surface area contributed by atoms with E-state index in [9.17, 15) is 0 Å². The molecule has 0 unspecified atom stereocenters. The molecule has 20 heavy (non-hydrogen) atoms. The van der Waals surface area contributed by atoms with Crippen LogP contribution in [0.5, 0.6) is 11.5 Å². The molecule has 114 valence electrons. The highest BCUT2D eigenvalue weighted by atomic mass is 35.5. The molecular weight excluding hydrogens is 274 g/mol. The number of nitrogens with one attached hydrogen (secondary N) is 1. The molecule has 0 heterocycles. The van der Waals surface area contributed by atoms with Crippen molar-refractivity contribution in [3.63, 3.8) is 0 Å². The second-order valence-corrected chi connectivity index (χ2v) is 5.76. The molecule has 4 heteroatoms. The normalized spacial score (nSPS) is 10.9. The third-order valence-electron chi connectivity index (χ3n) is 3.15. The molecule has 0 aromatic heterocycles. The maximum Gasteiger partial charge on any atom is 0.162 e. The van der Waals surface area contributed by atoms with E-state index in [1.54, 1.807) is 14.2 Å². The van der Waals surface area contributed by atoms with Gasteiger partial charge in [-0.25, -0.2) is 0 Å². The summed E-state index contributed by atoms with van der Waals surface area (Å²) in [5, 5.41) is 4.20. The van der Waals surface area contributed by atoms with Gasteiger partial charge in [0.1, 0.15) is 0 Å². The van der Waals surface area contributed by atoms with E-state index in [1.807, 2.05) is 12.1 Å². The molecule has 0 saturated carbocycles. The Labute approximate surface area is 127 Å². The van der Waals surface area contributed by atoms with E-state index < -0.39 is 0 Å². The molecule has 0 radical (unpaired) electrons. The molecule has 0 spiro atoms. The zero-order valence-corrected chi connectivity index (χ0v) is 13.7. The van der Waals surface area contributed by atoms with Gasteiger partial charge >= 0.3 is 0 Å². The second-order valence-electron chi connectivity index (χ2n) is 5.35. The monoisotopic (exact) mass is 299 g/mol. The van der Waals surface area contributed by atoms with E-state index in [4.69, 9.17) is 21.1 Å². The first kappa shape index (κ1) is 17.1. The van der Waals surface area contributed by atoms with Crippen LogP contribution in [-0.4, -0.2) is 27.3 Å². The van der Waals surface area contributed by atoms with Crippen molar-refractivity contribution in [3.8, 4) is 11.5 Å². The molecule has 0 aliphatic heterocycles. The van der Waals surface area contributed by atoms with Crippen molar-refractivity contribution < 1.29 is 9.47 Å². The fourth-order valence-corrected chi connectivity index (χ4v) is 2.29. The number of rotatable bonds is 9. The lowest BCUT2D eigenvalue weighted by Crippen LogP contribution is -2.20. The lowest BCUT2D eigenvalue weighted by atomic mass is 10.1. The molecule has 0 aliphatic rings. The van der Waals surface area contributed by atoms with E-state index in [2.05, 4.69) is 19.2 Å². The molecule has 0 fully saturated rings. The number of benzene rings is 1. The van der Waals surface area contributed by atoms with Gasteiger partial charge in [-0.05, 0) is 49.9 Å². The second kappa shape index (κ2) is 9.09. The van der Waals surface area contributed by atoms with Crippen molar-refractivity contribution in [3.05, 3.63) is 22.7 Å². The topological polar surface area (TPSA) is 30.5 Å². The predicted octanol–water partition coefficient (Wildman–Crippen LogP) is 3.93. The fraction of sp³-hybridized carbons (Fsp3) is 0.625.